The smallest absolute Gasteiger partial charge is 0.246 e. The molecule has 19 heavy (non-hydrogen) atoms. The van der Waals surface area contributed by atoms with Crippen molar-refractivity contribution in [3.63, 3.8) is 0 Å². The van der Waals surface area contributed by atoms with Crippen LogP contribution in [0.15, 0.2) is 0 Å². The van der Waals surface area contributed by atoms with Gasteiger partial charge in [-0.15, -0.1) is 0 Å². The Hall–Kier alpha value is -1.14. The molecule has 1 aliphatic rings. The lowest BCUT2D eigenvalue weighted by Gasteiger charge is -2.36. The van der Waals surface area contributed by atoms with Gasteiger partial charge in [-0.25, -0.2) is 0 Å². The van der Waals surface area contributed by atoms with Crippen LogP contribution in [0.3, 0.4) is 0 Å². The predicted octanol–water partition coefficient (Wildman–Crippen LogP) is -0.310. The molecule has 1 N–H and O–H groups in total. The zero-order valence-corrected chi connectivity index (χ0v) is 12.3. The Kier molecular flexibility index (Phi) is 6.24. The maximum atomic E-state index is 12.2. The highest BCUT2D eigenvalue weighted by atomic mass is 16.5. The Bertz CT molecular complexity index is 320. The second kappa shape index (κ2) is 7.45. The molecule has 0 saturated carbocycles. The van der Waals surface area contributed by atoms with E-state index in [0.717, 1.165) is 6.54 Å². The molecule has 0 aromatic rings. The fourth-order valence-electron chi connectivity index (χ4n) is 2.11. The van der Waals surface area contributed by atoms with Gasteiger partial charge in [0.1, 0.15) is 6.04 Å². The van der Waals surface area contributed by atoms with Crippen molar-refractivity contribution in [2.45, 2.75) is 31.9 Å². The third-order valence-corrected chi connectivity index (χ3v) is 3.46. The van der Waals surface area contributed by atoms with Gasteiger partial charge in [0.25, 0.3) is 0 Å². The second-order valence-electron chi connectivity index (χ2n) is 5.12. The van der Waals surface area contributed by atoms with Crippen molar-refractivity contribution in [1.29, 1.82) is 0 Å². The summed E-state index contributed by atoms with van der Waals surface area (Å²) in [5, 5.41) is 3.17. The first-order chi connectivity index (χ1) is 8.97. The number of nitrogens with zero attached hydrogens (tertiary/aromatic N) is 2. The van der Waals surface area contributed by atoms with E-state index in [1.807, 2.05) is 6.92 Å². The molecule has 0 bridgehead atoms. The van der Waals surface area contributed by atoms with E-state index in [-0.39, 0.29) is 24.0 Å². The molecule has 0 spiro atoms. The molecule has 110 valence electrons. The topological polar surface area (TPSA) is 61.9 Å². The van der Waals surface area contributed by atoms with E-state index in [2.05, 4.69) is 5.32 Å². The first kappa shape index (κ1) is 15.9. The molecular weight excluding hydrogens is 246 g/mol. The molecular formula is C13H25N3O3. The number of nitrogens with one attached hydrogen (secondary N) is 1. The minimum Gasteiger partial charge on any atom is -0.382 e. The summed E-state index contributed by atoms with van der Waals surface area (Å²) in [4.78, 5) is 27.5. The zero-order valence-electron chi connectivity index (χ0n) is 12.3. The summed E-state index contributed by atoms with van der Waals surface area (Å²) in [6, 6.07) is -0.380. The van der Waals surface area contributed by atoms with E-state index in [1.54, 1.807) is 26.1 Å². The molecule has 0 aliphatic carbocycles. The number of amides is 2. The van der Waals surface area contributed by atoms with E-state index >= 15 is 0 Å². The minimum atomic E-state index is -0.380. The van der Waals surface area contributed by atoms with Crippen molar-refractivity contribution in [2.75, 3.05) is 40.8 Å². The third-order valence-electron chi connectivity index (χ3n) is 3.46. The Balaban J connectivity index is 2.61. The highest BCUT2D eigenvalue weighted by Gasteiger charge is 2.32. The molecule has 1 aliphatic heterocycles. The van der Waals surface area contributed by atoms with Crippen LogP contribution >= 0.6 is 0 Å². The van der Waals surface area contributed by atoms with Gasteiger partial charge in [-0.1, -0.05) is 0 Å². The van der Waals surface area contributed by atoms with E-state index < -0.39 is 0 Å². The van der Waals surface area contributed by atoms with Crippen LogP contribution in [0, 0.1) is 0 Å². The van der Waals surface area contributed by atoms with Crippen LogP contribution in [0.25, 0.3) is 0 Å². The van der Waals surface area contributed by atoms with Crippen molar-refractivity contribution in [1.82, 2.24) is 15.1 Å². The minimum absolute atomic E-state index is 0.0275. The molecule has 2 unspecified atom stereocenters. The number of likely N-dealkylation sites (N-methyl/N-ethyl adjacent to an activating group) is 1. The normalized spacial score (nSPS) is 21.1. The molecule has 2 atom stereocenters. The fraction of sp³-hybridized carbons (Fsp3) is 0.846. The fourth-order valence-corrected chi connectivity index (χ4v) is 2.11. The summed E-state index contributed by atoms with van der Waals surface area (Å²) in [6.45, 7) is 3.79. The summed E-state index contributed by atoms with van der Waals surface area (Å²) < 4.78 is 5.14. The number of hydrogen-bond donors (Lipinski definition) is 1. The van der Waals surface area contributed by atoms with Gasteiger partial charge in [0, 0.05) is 47.3 Å². The standard InChI is InChI=1S/C13H25N3O3/c1-10(19-4)5-6-12(17)16-8-7-14-9-11(16)13(18)15(2)3/h10-11,14H,5-9H2,1-4H3. The van der Waals surface area contributed by atoms with Crippen LogP contribution in [-0.2, 0) is 14.3 Å². The third kappa shape index (κ3) is 4.47. The Labute approximate surface area is 115 Å². The number of hydrogen-bond acceptors (Lipinski definition) is 4. The van der Waals surface area contributed by atoms with Gasteiger partial charge < -0.3 is 19.9 Å². The molecule has 1 rings (SSSR count). The van der Waals surface area contributed by atoms with Gasteiger partial charge in [0.05, 0.1) is 6.10 Å². The van der Waals surface area contributed by atoms with Gasteiger partial charge >= 0.3 is 0 Å². The predicted molar refractivity (Wildman–Crippen MR) is 72.8 cm³/mol. The second-order valence-corrected chi connectivity index (χ2v) is 5.12. The maximum Gasteiger partial charge on any atom is 0.246 e. The summed E-state index contributed by atoms with van der Waals surface area (Å²) in [6.07, 6.45) is 1.17. The largest absolute Gasteiger partial charge is 0.382 e. The first-order valence-electron chi connectivity index (χ1n) is 6.71. The Morgan fingerprint density at radius 3 is 2.74 bits per heavy atom. The molecule has 6 heteroatoms. The summed E-state index contributed by atoms with van der Waals surface area (Å²) in [5.74, 6) is 0.00550. The average Bonchev–Trinajstić information content (AvgIpc) is 2.43. The van der Waals surface area contributed by atoms with Gasteiger partial charge in [0.2, 0.25) is 11.8 Å². The van der Waals surface area contributed by atoms with E-state index in [1.165, 1.54) is 4.90 Å². The van der Waals surface area contributed by atoms with Crippen LogP contribution < -0.4 is 5.32 Å². The highest BCUT2D eigenvalue weighted by molar-refractivity contribution is 5.88. The van der Waals surface area contributed by atoms with Crippen molar-refractivity contribution in [3.05, 3.63) is 0 Å². The molecule has 0 aromatic heterocycles. The lowest BCUT2D eigenvalue weighted by Crippen LogP contribution is -2.59. The quantitative estimate of drug-likeness (QED) is 0.745. The summed E-state index contributed by atoms with van der Waals surface area (Å²) in [5.41, 5.74) is 0. The number of methoxy groups -OCH3 is 1. The van der Waals surface area contributed by atoms with Crippen LogP contribution in [0.1, 0.15) is 19.8 Å². The molecule has 1 saturated heterocycles. The van der Waals surface area contributed by atoms with Gasteiger partial charge in [0.15, 0.2) is 0 Å². The maximum absolute atomic E-state index is 12.2. The van der Waals surface area contributed by atoms with E-state index in [9.17, 15) is 9.59 Å². The highest BCUT2D eigenvalue weighted by Crippen LogP contribution is 2.11. The molecule has 0 radical (unpaired) electrons. The van der Waals surface area contributed by atoms with Crippen LogP contribution in [0.2, 0.25) is 0 Å². The average molecular weight is 271 g/mol. The first-order valence-corrected chi connectivity index (χ1v) is 6.71. The van der Waals surface area contributed by atoms with Crippen molar-refractivity contribution >= 4 is 11.8 Å². The van der Waals surface area contributed by atoms with E-state index in [0.29, 0.717) is 25.9 Å². The van der Waals surface area contributed by atoms with Crippen LogP contribution in [0.5, 0.6) is 0 Å². The number of piperazine rings is 1. The van der Waals surface area contributed by atoms with Gasteiger partial charge in [-0.2, -0.15) is 0 Å². The van der Waals surface area contributed by atoms with Crippen molar-refractivity contribution in [2.24, 2.45) is 0 Å². The summed E-state index contributed by atoms with van der Waals surface area (Å²) >= 11 is 0. The SMILES string of the molecule is COC(C)CCC(=O)N1CCNCC1C(=O)N(C)C. The zero-order chi connectivity index (χ0) is 14.4. The molecule has 1 fully saturated rings. The van der Waals surface area contributed by atoms with Gasteiger partial charge in [-0.05, 0) is 13.3 Å². The Morgan fingerprint density at radius 2 is 2.16 bits per heavy atom. The lowest BCUT2D eigenvalue weighted by atomic mass is 10.1. The molecule has 0 aromatic carbocycles. The van der Waals surface area contributed by atoms with Crippen LogP contribution in [0.4, 0.5) is 0 Å². The molecule has 6 nitrogen and oxygen atoms in total. The Morgan fingerprint density at radius 1 is 1.47 bits per heavy atom. The summed E-state index contributed by atoms with van der Waals surface area (Å²) in [7, 11) is 5.07. The number of rotatable bonds is 5. The van der Waals surface area contributed by atoms with Gasteiger partial charge in [-0.3, -0.25) is 9.59 Å². The molecule has 1 heterocycles. The number of ether oxygens (including phenoxy) is 1. The van der Waals surface area contributed by atoms with Crippen molar-refractivity contribution < 1.29 is 14.3 Å². The number of carbonyl (C=O) groups is 2. The van der Waals surface area contributed by atoms with Crippen molar-refractivity contribution in [3.8, 4) is 0 Å². The van der Waals surface area contributed by atoms with Crippen LogP contribution in [-0.4, -0.2) is 74.6 Å². The monoisotopic (exact) mass is 271 g/mol. The van der Waals surface area contributed by atoms with E-state index in [4.69, 9.17) is 4.74 Å². The molecule has 2 amide bonds. The lowest BCUT2D eigenvalue weighted by molar-refractivity contribution is -0.145. The number of carbonyl (C=O) groups excluding carboxylic acids is 2.